The van der Waals surface area contributed by atoms with E-state index in [1.807, 2.05) is 26.4 Å². The van der Waals surface area contributed by atoms with Crippen molar-refractivity contribution in [2.75, 3.05) is 6.54 Å². The maximum Gasteiger partial charge on any atom is 0.223 e. The Morgan fingerprint density at radius 1 is 1.69 bits per heavy atom. The van der Waals surface area contributed by atoms with E-state index in [0.717, 1.165) is 12.1 Å². The third kappa shape index (κ3) is 1.32. The summed E-state index contributed by atoms with van der Waals surface area (Å²) in [5.74, 6) is 0.513. The largest absolute Gasteiger partial charge is 0.355 e. The quantitative estimate of drug-likeness (QED) is 0.672. The number of nitrogens with zero attached hydrogens (tertiary/aromatic N) is 2. The van der Waals surface area contributed by atoms with Gasteiger partial charge in [0.25, 0.3) is 0 Å². The van der Waals surface area contributed by atoms with E-state index < -0.39 is 0 Å². The molecular weight excluding hydrogens is 166 g/mol. The summed E-state index contributed by atoms with van der Waals surface area (Å²) in [4.78, 5) is 11.2. The number of nitrogens with one attached hydrogen (secondary N) is 1. The minimum atomic E-state index is 0.0733. The first kappa shape index (κ1) is 8.29. The molecule has 1 saturated heterocycles. The molecule has 1 fully saturated rings. The summed E-state index contributed by atoms with van der Waals surface area (Å²) in [6.07, 6.45) is 3.81. The van der Waals surface area contributed by atoms with Crippen LogP contribution in [0.4, 0.5) is 0 Å². The first-order valence-electron chi connectivity index (χ1n) is 4.44. The summed E-state index contributed by atoms with van der Waals surface area (Å²) in [5.41, 5.74) is 1.15. The van der Waals surface area contributed by atoms with Crippen LogP contribution in [0.3, 0.4) is 0 Å². The van der Waals surface area contributed by atoms with Gasteiger partial charge in [-0.05, 0) is 5.56 Å². The van der Waals surface area contributed by atoms with E-state index >= 15 is 0 Å². The predicted molar refractivity (Wildman–Crippen MR) is 48.1 cm³/mol. The van der Waals surface area contributed by atoms with Gasteiger partial charge in [0, 0.05) is 31.6 Å². The van der Waals surface area contributed by atoms with Crippen LogP contribution in [0.2, 0.25) is 0 Å². The molecule has 2 heterocycles. The van der Waals surface area contributed by atoms with Crippen LogP contribution in [0.15, 0.2) is 12.4 Å². The summed E-state index contributed by atoms with van der Waals surface area (Å²) >= 11 is 0. The highest BCUT2D eigenvalue weighted by molar-refractivity contribution is 5.81. The van der Waals surface area contributed by atoms with E-state index in [1.165, 1.54) is 0 Å². The highest BCUT2D eigenvalue weighted by Gasteiger charge is 2.32. The van der Waals surface area contributed by atoms with Crippen molar-refractivity contribution in [2.24, 2.45) is 13.0 Å². The Hall–Kier alpha value is -1.32. The zero-order chi connectivity index (χ0) is 9.42. The summed E-state index contributed by atoms with van der Waals surface area (Å²) < 4.78 is 1.77. The van der Waals surface area contributed by atoms with Crippen molar-refractivity contribution in [3.8, 4) is 0 Å². The molecule has 2 unspecified atom stereocenters. The van der Waals surface area contributed by atoms with Crippen molar-refractivity contribution >= 4 is 5.91 Å². The maximum atomic E-state index is 11.2. The van der Waals surface area contributed by atoms with Crippen molar-refractivity contribution in [2.45, 2.75) is 12.8 Å². The first-order valence-corrected chi connectivity index (χ1v) is 4.44. The van der Waals surface area contributed by atoms with Crippen LogP contribution in [0, 0.1) is 5.92 Å². The smallest absolute Gasteiger partial charge is 0.223 e. The molecule has 1 aromatic rings. The van der Waals surface area contributed by atoms with Crippen LogP contribution in [0.25, 0.3) is 0 Å². The molecule has 4 heteroatoms. The van der Waals surface area contributed by atoms with Gasteiger partial charge >= 0.3 is 0 Å². The number of carbonyl (C=O) groups is 1. The molecule has 1 aromatic heterocycles. The Balaban J connectivity index is 2.23. The molecule has 0 aliphatic carbocycles. The number of amides is 1. The Morgan fingerprint density at radius 2 is 2.46 bits per heavy atom. The molecule has 1 N–H and O–H groups in total. The molecular formula is C9H13N3O. The van der Waals surface area contributed by atoms with Gasteiger partial charge in [0.1, 0.15) is 0 Å². The van der Waals surface area contributed by atoms with E-state index in [0.29, 0.717) is 5.92 Å². The molecule has 0 aromatic carbocycles. The minimum absolute atomic E-state index is 0.0733. The van der Waals surface area contributed by atoms with E-state index in [4.69, 9.17) is 0 Å². The van der Waals surface area contributed by atoms with Gasteiger partial charge in [-0.1, -0.05) is 6.92 Å². The Bertz CT molecular complexity index is 331. The molecule has 0 spiro atoms. The van der Waals surface area contributed by atoms with Gasteiger partial charge in [-0.2, -0.15) is 5.10 Å². The number of aryl methyl sites for hydroxylation is 1. The van der Waals surface area contributed by atoms with Gasteiger partial charge in [0.05, 0.1) is 6.20 Å². The van der Waals surface area contributed by atoms with Gasteiger partial charge in [0.15, 0.2) is 0 Å². The SMILES string of the molecule is CC1C(=O)NCC1c1cnn(C)c1. The number of hydrogen-bond acceptors (Lipinski definition) is 2. The molecule has 4 nitrogen and oxygen atoms in total. The van der Waals surface area contributed by atoms with Crippen LogP contribution in [0.5, 0.6) is 0 Å². The topological polar surface area (TPSA) is 46.9 Å². The number of rotatable bonds is 1. The third-order valence-electron chi connectivity index (χ3n) is 2.67. The van der Waals surface area contributed by atoms with Crippen molar-refractivity contribution in [1.29, 1.82) is 0 Å². The van der Waals surface area contributed by atoms with Crippen molar-refractivity contribution in [3.05, 3.63) is 18.0 Å². The molecule has 0 bridgehead atoms. The van der Waals surface area contributed by atoms with Crippen LogP contribution < -0.4 is 5.32 Å². The normalized spacial score (nSPS) is 27.7. The number of carbonyl (C=O) groups excluding carboxylic acids is 1. The second-order valence-electron chi connectivity index (χ2n) is 3.59. The standard InChI is InChI=1S/C9H13N3O/c1-6-8(4-10-9(6)13)7-3-11-12(2)5-7/h3,5-6,8H,4H2,1-2H3,(H,10,13). The predicted octanol–water partition coefficient (Wildman–Crippen LogP) is 0.270. The van der Waals surface area contributed by atoms with Gasteiger partial charge in [0.2, 0.25) is 5.91 Å². The first-order chi connectivity index (χ1) is 6.18. The lowest BCUT2D eigenvalue weighted by Crippen LogP contribution is -2.16. The summed E-state index contributed by atoms with van der Waals surface area (Å²) in [6, 6.07) is 0. The molecule has 1 amide bonds. The zero-order valence-corrected chi connectivity index (χ0v) is 7.82. The summed E-state index contributed by atoms with van der Waals surface area (Å²) in [7, 11) is 1.89. The Kier molecular flexibility index (Phi) is 1.83. The van der Waals surface area contributed by atoms with Crippen molar-refractivity contribution < 1.29 is 4.79 Å². The third-order valence-corrected chi connectivity index (χ3v) is 2.67. The molecule has 1 aliphatic heterocycles. The van der Waals surface area contributed by atoms with Crippen LogP contribution in [0.1, 0.15) is 18.4 Å². The highest BCUT2D eigenvalue weighted by atomic mass is 16.2. The van der Waals surface area contributed by atoms with Crippen LogP contribution in [-0.4, -0.2) is 22.2 Å². The van der Waals surface area contributed by atoms with Crippen LogP contribution >= 0.6 is 0 Å². The van der Waals surface area contributed by atoms with Crippen molar-refractivity contribution in [1.82, 2.24) is 15.1 Å². The molecule has 2 atom stereocenters. The van der Waals surface area contributed by atoms with Gasteiger partial charge < -0.3 is 5.32 Å². The lowest BCUT2D eigenvalue weighted by molar-refractivity contribution is -0.122. The van der Waals surface area contributed by atoms with E-state index in [9.17, 15) is 4.79 Å². The molecule has 70 valence electrons. The molecule has 2 rings (SSSR count). The summed E-state index contributed by atoms with van der Waals surface area (Å²) in [5, 5.41) is 6.95. The van der Waals surface area contributed by atoms with Crippen LogP contribution in [-0.2, 0) is 11.8 Å². The average Bonchev–Trinajstić information content (AvgIpc) is 2.62. The number of aromatic nitrogens is 2. The average molecular weight is 179 g/mol. The molecule has 0 radical (unpaired) electrons. The van der Waals surface area contributed by atoms with Gasteiger partial charge in [-0.15, -0.1) is 0 Å². The second kappa shape index (κ2) is 2.87. The van der Waals surface area contributed by atoms with E-state index in [2.05, 4.69) is 10.4 Å². The fourth-order valence-electron chi connectivity index (χ4n) is 1.77. The fraction of sp³-hybridized carbons (Fsp3) is 0.556. The summed E-state index contributed by atoms with van der Waals surface area (Å²) in [6.45, 7) is 2.70. The van der Waals surface area contributed by atoms with E-state index in [-0.39, 0.29) is 11.8 Å². The molecule has 1 aliphatic rings. The Morgan fingerprint density at radius 3 is 2.92 bits per heavy atom. The van der Waals surface area contributed by atoms with Gasteiger partial charge in [-0.25, -0.2) is 0 Å². The second-order valence-corrected chi connectivity index (χ2v) is 3.59. The van der Waals surface area contributed by atoms with Crippen molar-refractivity contribution in [3.63, 3.8) is 0 Å². The zero-order valence-electron chi connectivity index (χ0n) is 7.82. The highest BCUT2D eigenvalue weighted by Crippen LogP contribution is 2.27. The fourth-order valence-corrected chi connectivity index (χ4v) is 1.77. The molecule has 13 heavy (non-hydrogen) atoms. The molecule has 0 saturated carbocycles. The van der Waals surface area contributed by atoms with Gasteiger partial charge in [-0.3, -0.25) is 9.48 Å². The number of hydrogen-bond donors (Lipinski definition) is 1. The lowest BCUT2D eigenvalue weighted by Gasteiger charge is -2.08. The lowest BCUT2D eigenvalue weighted by atomic mass is 9.92. The Labute approximate surface area is 76.9 Å². The monoisotopic (exact) mass is 179 g/mol. The van der Waals surface area contributed by atoms with E-state index in [1.54, 1.807) is 4.68 Å². The maximum absolute atomic E-state index is 11.2. The minimum Gasteiger partial charge on any atom is -0.355 e.